The van der Waals surface area contributed by atoms with Crippen LogP contribution in [-0.2, 0) is 33.3 Å². The predicted octanol–water partition coefficient (Wildman–Crippen LogP) is 5.48. The first-order valence-corrected chi connectivity index (χ1v) is 11.9. The maximum atomic E-state index is 11.5. The molecule has 198 valence electrons. The monoisotopic (exact) mass is 500 g/mol. The second kappa shape index (κ2) is 19.8. The van der Waals surface area contributed by atoms with E-state index in [-0.39, 0.29) is 18.0 Å². The zero-order chi connectivity index (χ0) is 27.3. The van der Waals surface area contributed by atoms with Crippen LogP contribution in [0.2, 0.25) is 0 Å². The van der Waals surface area contributed by atoms with E-state index in [1.165, 1.54) is 6.08 Å². The summed E-state index contributed by atoms with van der Waals surface area (Å²) in [6.07, 6.45) is 6.73. The maximum absolute atomic E-state index is 11.5. The minimum atomic E-state index is -0.396. The molecule has 1 atom stereocenters. The van der Waals surface area contributed by atoms with Crippen LogP contribution >= 0.6 is 0 Å². The van der Waals surface area contributed by atoms with Crippen molar-refractivity contribution in [2.24, 2.45) is 5.92 Å². The molecule has 0 bridgehead atoms. The van der Waals surface area contributed by atoms with E-state index < -0.39 is 5.97 Å². The molecule has 1 aliphatic heterocycles. The first-order valence-electron chi connectivity index (χ1n) is 11.9. The maximum Gasteiger partial charge on any atom is 0.337 e. The van der Waals surface area contributed by atoms with Crippen LogP contribution in [0.15, 0.2) is 73.4 Å². The summed E-state index contributed by atoms with van der Waals surface area (Å²) in [5, 5.41) is 0. The predicted molar refractivity (Wildman–Crippen MR) is 142 cm³/mol. The zero-order valence-corrected chi connectivity index (χ0v) is 22.0. The van der Waals surface area contributed by atoms with Gasteiger partial charge in [0.05, 0.1) is 25.4 Å². The number of hydrogen-bond acceptors (Lipinski definition) is 7. The first kappa shape index (κ1) is 32.5. The normalized spacial score (nSPS) is 13.3. The largest absolute Gasteiger partial charge is 0.463 e. The van der Waals surface area contributed by atoms with Crippen LogP contribution in [0.5, 0.6) is 0 Å². The molecule has 0 spiro atoms. The van der Waals surface area contributed by atoms with Crippen molar-refractivity contribution in [2.45, 2.75) is 46.6 Å². The molecule has 1 heterocycles. The highest BCUT2D eigenvalue weighted by molar-refractivity contribution is 5.92. The van der Waals surface area contributed by atoms with Gasteiger partial charge in [0.1, 0.15) is 12.7 Å². The lowest BCUT2D eigenvalue weighted by Gasteiger charge is -2.05. The van der Waals surface area contributed by atoms with Gasteiger partial charge in [-0.2, -0.15) is 0 Å². The summed E-state index contributed by atoms with van der Waals surface area (Å²) in [5.74, 6) is -0.631. The van der Waals surface area contributed by atoms with Gasteiger partial charge in [0, 0.05) is 11.6 Å². The van der Waals surface area contributed by atoms with E-state index in [9.17, 15) is 14.4 Å². The average Bonchev–Trinajstić information content (AvgIpc) is 3.70. The Hall–Kier alpha value is -3.45. The van der Waals surface area contributed by atoms with E-state index in [2.05, 4.69) is 24.5 Å². The Labute approximate surface area is 215 Å². The van der Waals surface area contributed by atoms with E-state index in [1.807, 2.05) is 57.2 Å². The molecule has 7 heteroatoms. The smallest absolute Gasteiger partial charge is 0.337 e. The number of carbonyl (C=O) groups is 3. The van der Waals surface area contributed by atoms with Crippen molar-refractivity contribution in [3.8, 4) is 0 Å². The van der Waals surface area contributed by atoms with Crippen molar-refractivity contribution in [3.05, 3.63) is 78.9 Å². The quantitative estimate of drug-likeness (QED) is 0.0938. The van der Waals surface area contributed by atoms with Gasteiger partial charge < -0.3 is 18.9 Å². The fourth-order valence-corrected chi connectivity index (χ4v) is 2.00. The van der Waals surface area contributed by atoms with Crippen LogP contribution in [0.3, 0.4) is 0 Å². The second-order valence-electron chi connectivity index (χ2n) is 8.32. The van der Waals surface area contributed by atoms with Crippen molar-refractivity contribution in [1.82, 2.24) is 0 Å². The standard InChI is InChI=1S/C14H14O3.C8H14O2.C7H12O2/c1-11(14(15)17-10-13-9-16-13)7-8-12-5-3-2-4-6-12;1-6(2)5-10-8(9)7(3)4;1-3-5-6-9-7(8)4-2/h2-8,13H,1,9-10H2;6H,3,5H2,1-2,4H3;4H,2-3,5-6H2,1H3. The van der Waals surface area contributed by atoms with Crippen LogP contribution in [-0.4, -0.2) is 50.4 Å². The minimum Gasteiger partial charge on any atom is -0.463 e. The molecule has 1 fully saturated rings. The summed E-state index contributed by atoms with van der Waals surface area (Å²) in [5.41, 5.74) is 1.82. The molecule has 1 unspecified atom stereocenters. The third-order valence-electron chi connectivity index (χ3n) is 4.15. The van der Waals surface area contributed by atoms with E-state index in [4.69, 9.17) is 14.2 Å². The Morgan fingerprint density at radius 1 is 1.08 bits per heavy atom. The highest BCUT2D eigenvalue weighted by Crippen LogP contribution is 2.10. The van der Waals surface area contributed by atoms with E-state index in [1.54, 1.807) is 13.0 Å². The molecule has 36 heavy (non-hydrogen) atoms. The first-order chi connectivity index (χ1) is 17.1. The fraction of sp³-hybridized carbons (Fsp3) is 0.414. The molecule has 0 aromatic heterocycles. The highest BCUT2D eigenvalue weighted by Gasteiger charge is 2.24. The number of unbranched alkanes of at least 4 members (excludes halogenated alkanes) is 1. The van der Waals surface area contributed by atoms with Gasteiger partial charge in [-0.1, -0.05) is 83.3 Å². The van der Waals surface area contributed by atoms with Gasteiger partial charge in [0.15, 0.2) is 0 Å². The molecule has 1 aromatic carbocycles. The van der Waals surface area contributed by atoms with Crippen LogP contribution in [0, 0.1) is 5.92 Å². The number of esters is 3. The van der Waals surface area contributed by atoms with Gasteiger partial charge in [-0.05, 0) is 30.9 Å². The number of ether oxygens (including phenoxy) is 4. The molecular weight excluding hydrogens is 460 g/mol. The molecule has 0 N–H and O–H groups in total. The summed E-state index contributed by atoms with van der Waals surface area (Å²) in [4.78, 5) is 32.5. The van der Waals surface area contributed by atoms with Crippen molar-refractivity contribution in [3.63, 3.8) is 0 Å². The Kier molecular flexibility index (Phi) is 17.9. The van der Waals surface area contributed by atoms with E-state index >= 15 is 0 Å². The molecule has 0 aliphatic carbocycles. The number of carbonyl (C=O) groups excluding carboxylic acids is 3. The average molecular weight is 501 g/mol. The summed E-state index contributed by atoms with van der Waals surface area (Å²) in [7, 11) is 0. The Morgan fingerprint density at radius 3 is 2.22 bits per heavy atom. The number of rotatable bonds is 12. The van der Waals surface area contributed by atoms with Crippen molar-refractivity contribution in [1.29, 1.82) is 0 Å². The molecule has 1 aromatic rings. The molecule has 7 nitrogen and oxygen atoms in total. The van der Waals surface area contributed by atoms with Gasteiger partial charge in [-0.3, -0.25) is 0 Å². The number of epoxide rings is 1. The van der Waals surface area contributed by atoms with Crippen LogP contribution in [0.25, 0.3) is 6.08 Å². The minimum absolute atomic E-state index is 0.0878. The second-order valence-corrected chi connectivity index (χ2v) is 8.32. The third kappa shape index (κ3) is 18.9. The number of hydrogen-bond donors (Lipinski definition) is 0. The highest BCUT2D eigenvalue weighted by atomic mass is 16.6. The molecule has 2 rings (SSSR count). The molecular formula is C29H40O7. The Morgan fingerprint density at radius 2 is 1.72 bits per heavy atom. The van der Waals surface area contributed by atoms with Gasteiger partial charge in [0.25, 0.3) is 0 Å². The summed E-state index contributed by atoms with van der Waals surface area (Å²) >= 11 is 0. The zero-order valence-electron chi connectivity index (χ0n) is 22.0. The topological polar surface area (TPSA) is 91.4 Å². The SMILES string of the molecule is C=C(C)C(=O)OCC(C)C.C=C(C=Cc1ccccc1)C(=O)OCC1CO1.C=CC(=O)OCCCC. The Balaban J connectivity index is 0.000000556. The lowest BCUT2D eigenvalue weighted by Crippen LogP contribution is -2.10. The molecule has 0 amide bonds. The summed E-state index contributed by atoms with van der Waals surface area (Å²) in [6, 6.07) is 9.72. The summed E-state index contributed by atoms with van der Waals surface area (Å²) in [6.45, 7) is 20.0. The van der Waals surface area contributed by atoms with Crippen LogP contribution < -0.4 is 0 Å². The van der Waals surface area contributed by atoms with Gasteiger partial charge >= 0.3 is 17.9 Å². The van der Waals surface area contributed by atoms with E-state index in [0.29, 0.717) is 43.5 Å². The van der Waals surface area contributed by atoms with E-state index in [0.717, 1.165) is 18.4 Å². The molecule has 0 saturated carbocycles. The number of benzene rings is 1. The van der Waals surface area contributed by atoms with Gasteiger partial charge in [-0.25, -0.2) is 14.4 Å². The lowest BCUT2D eigenvalue weighted by molar-refractivity contribution is -0.140. The van der Waals surface area contributed by atoms with Crippen LogP contribution in [0.4, 0.5) is 0 Å². The van der Waals surface area contributed by atoms with Gasteiger partial charge in [-0.15, -0.1) is 0 Å². The third-order valence-corrected chi connectivity index (χ3v) is 4.15. The van der Waals surface area contributed by atoms with Crippen molar-refractivity contribution in [2.75, 3.05) is 26.4 Å². The van der Waals surface area contributed by atoms with Gasteiger partial charge in [0.2, 0.25) is 0 Å². The molecule has 1 aliphatic rings. The molecule has 1 saturated heterocycles. The molecule has 0 radical (unpaired) electrons. The van der Waals surface area contributed by atoms with Crippen LogP contribution in [0.1, 0.15) is 46.1 Å². The van der Waals surface area contributed by atoms with Crippen molar-refractivity contribution < 1.29 is 33.3 Å². The fourth-order valence-electron chi connectivity index (χ4n) is 2.00. The van der Waals surface area contributed by atoms with Crippen molar-refractivity contribution >= 4 is 24.0 Å². The lowest BCUT2D eigenvalue weighted by atomic mass is 10.2. The Bertz CT molecular complexity index is 865. The summed E-state index contributed by atoms with van der Waals surface area (Å²) < 4.78 is 19.4.